The molecular weight excluding hydrogens is 188 g/mol. The quantitative estimate of drug-likeness (QED) is 0.466. The van der Waals surface area contributed by atoms with Crippen LogP contribution in [0, 0.1) is 5.41 Å². The van der Waals surface area contributed by atoms with Crippen LogP contribution in [0.4, 0.5) is 0 Å². The number of aliphatic hydroxyl groups is 4. The first-order valence-electron chi connectivity index (χ1n) is 4.43. The van der Waals surface area contributed by atoms with Crippen LogP contribution in [0.5, 0.6) is 0 Å². The second-order valence-corrected chi connectivity index (χ2v) is 3.70. The molecule has 0 atom stereocenters. The van der Waals surface area contributed by atoms with Crippen molar-refractivity contribution in [1.29, 1.82) is 0 Å². The molecule has 5 heteroatoms. The summed E-state index contributed by atoms with van der Waals surface area (Å²) in [4.78, 5) is 0. The normalized spacial score (nSPS) is 11.1. The molecule has 0 bridgehead atoms. The Kier molecular flexibility index (Phi) is 10.9. The fourth-order valence-electron chi connectivity index (χ4n) is 0.257. The fourth-order valence-corrected chi connectivity index (χ4v) is 0.257. The highest BCUT2D eigenvalue weighted by atomic mass is 16.5. The highest BCUT2D eigenvalue weighted by Gasteiger charge is 2.13. The van der Waals surface area contributed by atoms with Crippen molar-refractivity contribution in [2.45, 2.75) is 20.0 Å². The van der Waals surface area contributed by atoms with Crippen molar-refractivity contribution in [2.75, 3.05) is 33.5 Å². The lowest BCUT2D eigenvalue weighted by Gasteiger charge is -2.16. The summed E-state index contributed by atoms with van der Waals surface area (Å²) in [5.74, 6) is 0. The molecule has 0 amide bonds. The van der Waals surface area contributed by atoms with Gasteiger partial charge >= 0.3 is 0 Å². The van der Waals surface area contributed by atoms with Crippen molar-refractivity contribution in [3.8, 4) is 0 Å². The van der Waals surface area contributed by atoms with Gasteiger partial charge in [0.25, 0.3) is 0 Å². The average Bonchev–Trinajstić information content (AvgIpc) is 2.21. The van der Waals surface area contributed by atoms with Crippen molar-refractivity contribution in [3.05, 3.63) is 0 Å². The van der Waals surface area contributed by atoms with Crippen LogP contribution in [0.1, 0.15) is 13.8 Å². The van der Waals surface area contributed by atoms with Crippen molar-refractivity contribution >= 4 is 0 Å². The molecule has 0 aromatic carbocycles. The number of methoxy groups -OCH3 is 1. The summed E-state index contributed by atoms with van der Waals surface area (Å²) in [6, 6.07) is 0. The van der Waals surface area contributed by atoms with Gasteiger partial charge in [0.1, 0.15) is 6.10 Å². The molecule has 0 rings (SSSR count). The second-order valence-electron chi connectivity index (χ2n) is 3.70. The van der Waals surface area contributed by atoms with Gasteiger partial charge in [-0.3, -0.25) is 0 Å². The summed E-state index contributed by atoms with van der Waals surface area (Å²) in [5, 5.41) is 33.4. The lowest BCUT2D eigenvalue weighted by atomic mass is 9.97. The molecule has 0 fully saturated rings. The van der Waals surface area contributed by atoms with Crippen LogP contribution >= 0.6 is 0 Å². The van der Waals surface area contributed by atoms with Gasteiger partial charge in [-0.15, -0.1) is 0 Å². The molecular formula is C9H22O5. The third kappa shape index (κ3) is 9.88. The zero-order valence-electron chi connectivity index (χ0n) is 9.10. The standard InChI is InChI=1S/C5H12O2.C4H10O3/c1-5(2,3-6)4-7;1-7-4(2-5)3-6/h6-7H,3-4H2,1-2H3;4-6H,2-3H2,1H3. The summed E-state index contributed by atoms with van der Waals surface area (Å²) in [5.41, 5.74) is -0.306. The van der Waals surface area contributed by atoms with E-state index < -0.39 is 6.10 Å². The molecule has 0 radical (unpaired) electrons. The highest BCUT2D eigenvalue weighted by molar-refractivity contribution is 4.62. The van der Waals surface area contributed by atoms with Gasteiger partial charge in [-0.2, -0.15) is 0 Å². The van der Waals surface area contributed by atoms with Crippen LogP contribution in [0.2, 0.25) is 0 Å². The Labute approximate surface area is 85.0 Å². The van der Waals surface area contributed by atoms with Gasteiger partial charge in [0.15, 0.2) is 0 Å². The topological polar surface area (TPSA) is 90.2 Å². The fraction of sp³-hybridized carbons (Fsp3) is 1.00. The second kappa shape index (κ2) is 9.36. The Bertz CT molecular complexity index is 100. The van der Waals surface area contributed by atoms with Crippen LogP contribution in [0.3, 0.4) is 0 Å². The van der Waals surface area contributed by atoms with Crippen molar-refractivity contribution in [3.63, 3.8) is 0 Å². The Morgan fingerprint density at radius 2 is 1.36 bits per heavy atom. The Morgan fingerprint density at radius 1 is 1.00 bits per heavy atom. The maximum Gasteiger partial charge on any atom is 0.103 e. The van der Waals surface area contributed by atoms with E-state index in [2.05, 4.69) is 4.74 Å². The minimum absolute atomic E-state index is 0.0451. The molecule has 0 aromatic heterocycles. The Balaban J connectivity index is 0. The van der Waals surface area contributed by atoms with Gasteiger partial charge in [0, 0.05) is 12.5 Å². The highest BCUT2D eigenvalue weighted by Crippen LogP contribution is 2.10. The summed E-state index contributed by atoms with van der Waals surface area (Å²) in [6.07, 6.45) is -0.403. The first kappa shape index (κ1) is 16.2. The minimum atomic E-state index is -0.403. The molecule has 0 unspecified atom stereocenters. The Hall–Kier alpha value is -0.200. The first-order valence-corrected chi connectivity index (χ1v) is 4.43. The number of hydrogen-bond acceptors (Lipinski definition) is 5. The molecule has 5 nitrogen and oxygen atoms in total. The maximum atomic E-state index is 8.43. The van der Waals surface area contributed by atoms with E-state index in [0.29, 0.717) is 0 Å². The molecule has 4 N–H and O–H groups in total. The summed E-state index contributed by atoms with van der Waals surface area (Å²) >= 11 is 0. The average molecular weight is 210 g/mol. The van der Waals surface area contributed by atoms with Gasteiger partial charge in [0.2, 0.25) is 0 Å². The molecule has 0 aliphatic rings. The largest absolute Gasteiger partial charge is 0.396 e. The van der Waals surface area contributed by atoms with Gasteiger partial charge in [-0.25, -0.2) is 0 Å². The lowest BCUT2D eigenvalue weighted by molar-refractivity contribution is 0.00933. The number of ether oxygens (including phenoxy) is 1. The van der Waals surface area contributed by atoms with Gasteiger partial charge in [0.05, 0.1) is 26.4 Å². The third-order valence-corrected chi connectivity index (χ3v) is 1.60. The summed E-state index contributed by atoms with van der Waals surface area (Å²) in [7, 11) is 1.44. The van der Waals surface area contributed by atoms with E-state index in [1.807, 2.05) is 0 Å². The number of hydrogen-bond donors (Lipinski definition) is 4. The molecule has 0 spiro atoms. The molecule has 0 heterocycles. The molecule has 88 valence electrons. The molecule has 0 saturated carbocycles. The van der Waals surface area contributed by atoms with Crippen LogP contribution < -0.4 is 0 Å². The van der Waals surface area contributed by atoms with Crippen molar-refractivity contribution in [1.82, 2.24) is 0 Å². The predicted molar refractivity (Wildman–Crippen MR) is 52.9 cm³/mol. The van der Waals surface area contributed by atoms with Crippen LogP contribution in [-0.4, -0.2) is 60.1 Å². The zero-order valence-corrected chi connectivity index (χ0v) is 9.10. The van der Waals surface area contributed by atoms with Gasteiger partial charge in [-0.05, 0) is 0 Å². The van der Waals surface area contributed by atoms with E-state index in [1.165, 1.54) is 7.11 Å². The van der Waals surface area contributed by atoms with Crippen LogP contribution in [0.25, 0.3) is 0 Å². The SMILES string of the molecule is CC(C)(CO)CO.COC(CO)CO. The molecule has 14 heavy (non-hydrogen) atoms. The lowest BCUT2D eigenvalue weighted by Crippen LogP contribution is -2.20. The minimum Gasteiger partial charge on any atom is -0.396 e. The zero-order chi connectivity index (χ0) is 11.6. The van der Waals surface area contributed by atoms with Crippen LogP contribution in [0.15, 0.2) is 0 Å². The third-order valence-electron chi connectivity index (χ3n) is 1.60. The molecule has 0 aliphatic carbocycles. The van der Waals surface area contributed by atoms with Crippen molar-refractivity contribution < 1.29 is 25.2 Å². The number of aliphatic hydroxyl groups excluding tert-OH is 4. The summed E-state index contributed by atoms with van der Waals surface area (Å²) in [6.45, 7) is 3.45. The predicted octanol–water partition coefficient (Wildman–Crippen LogP) is -1.02. The molecule has 0 aliphatic heterocycles. The van der Waals surface area contributed by atoms with Crippen molar-refractivity contribution in [2.24, 2.45) is 5.41 Å². The van der Waals surface area contributed by atoms with E-state index in [9.17, 15) is 0 Å². The summed E-state index contributed by atoms with van der Waals surface area (Å²) < 4.78 is 4.55. The van der Waals surface area contributed by atoms with E-state index in [0.717, 1.165) is 0 Å². The monoisotopic (exact) mass is 210 g/mol. The Morgan fingerprint density at radius 3 is 1.36 bits per heavy atom. The van der Waals surface area contributed by atoms with Gasteiger partial charge < -0.3 is 25.2 Å². The van der Waals surface area contributed by atoms with E-state index in [-0.39, 0.29) is 31.8 Å². The smallest absolute Gasteiger partial charge is 0.103 e. The van der Waals surface area contributed by atoms with E-state index in [4.69, 9.17) is 20.4 Å². The van der Waals surface area contributed by atoms with E-state index in [1.54, 1.807) is 13.8 Å². The number of rotatable bonds is 5. The first-order chi connectivity index (χ1) is 6.47. The molecule has 0 saturated heterocycles. The molecule has 0 aromatic rings. The maximum absolute atomic E-state index is 8.43. The van der Waals surface area contributed by atoms with Gasteiger partial charge in [-0.1, -0.05) is 13.8 Å². The van der Waals surface area contributed by atoms with Crippen LogP contribution in [-0.2, 0) is 4.74 Å². The van der Waals surface area contributed by atoms with E-state index >= 15 is 0 Å².